The fourth-order valence-electron chi connectivity index (χ4n) is 1.31. The topological polar surface area (TPSA) is 17.1 Å². The van der Waals surface area contributed by atoms with E-state index < -0.39 is 0 Å². The third kappa shape index (κ3) is 1.98. The summed E-state index contributed by atoms with van der Waals surface area (Å²) in [5.74, 6) is 1.04. The normalized spacial score (nSPS) is 18.1. The number of hydrogen-bond acceptors (Lipinski definition) is 1. The Bertz CT molecular complexity index is 139. The summed E-state index contributed by atoms with van der Waals surface area (Å²) in [6.45, 7) is 1.94. The van der Waals surface area contributed by atoms with Crippen LogP contribution >= 0.6 is 0 Å². The van der Waals surface area contributed by atoms with E-state index in [-0.39, 0.29) is 0 Å². The van der Waals surface area contributed by atoms with Crippen LogP contribution in [0.5, 0.6) is 0 Å². The number of carbonyl (C=O) groups is 1. The zero-order valence-corrected chi connectivity index (χ0v) is 6.47. The number of allylic oxidation sites excluding steroid dienone is 2. The maximum Gasteiger partial charge on any atom is 0.132 e. The first kappa shape index (κ1) is 7.52. The Labute approximate surface area is 62.1 Å². The highest BCUT2D eigenvalue weighted by atomic mass is 16.1. The highest BCUT2D eigenvalue weighted by Crippen LogP contribution is 2.21. The Balaban J connectivity index is 2.19. The van der Waals surface area contributed by atoms with E-state index in [1.165, 1.54) is 0 Å². The second-order valence-corrected chi connectivity index (χ2v) is 2.91. The molecule has 0 aromatic rings. The summed E-state index contributed by atoms with van der Waals surface area (Å²) >= 11 is 0. The molecule has 0 aromatic heterocycles. The standard InChI is InChI=1S/C9H14O/c1-2-9(10)7-8-5-3-4-6-8/h3-4,8H,2,5-7H2,1H3. The molecule has 1 heteroatoms. The minimum Gasteiger partial charge on any atom is -0.300 e. The van der Waals surface area contributed by atoms with E-state index in [1.807, 2.05) is 6.92 Å². The van der Waals surface area contributed by atoms with Gasteiger partial charge in [0.25, 0.3) is 0 Å². The van der Waals surface area contributed by atoms with Crippen molar-refractivity contribution in [3.05, 3.63) is 12.2 Å². The molecule has 0 radical (unpaired) electrons. The van der Waals surface area contributed by atoms with E-state index in [4.69, 9.17) is 0 Å². The molecule has 0 saturated carbocycles. The summed E-state index contributed by atoms with van der Waals surface area (Å²) in [6, 6.07) is 0. The average Bonchev–Trinajstić information content (AvgIpc) is 2.40. The van der Waals surface area contributed by atoms with E-state index in [0.717, 1.165) is 19.3 Å². The van der Waals surface area contributed by atoms with Crippen molar-refractivity contribution in [1.29, 1.82) is 0 Å². The fourth-order valence-corrected chi connectivity index (χ4v) is 1.31. The van der Waals surface area contributed by atoms with Crippen LogP contribution in [-0.4, -0.2) is 5.78 Å². The lowest BCUT2D eigenvalue weighted by Crippen LogP contribution is -2.03. The molecule has 1 nitrogen and oxygen atoms in total. The largest absolute Gasteiger partial charge is 0.300 e. The van der Waals surface area contributed by atoms with Crippen molar-refractivity contribution in [2.75, 3.05) is 0 Å². The van der Waals surface area contributed by atoms with E-state index in [2.05, 4.69) is 12.2 Å². The van der Waals surface area contributed by atoms with Crippen LogP contribution in [0.3, 0.4) is 0 Å². The lowest BCUT2D eigenvalue weighted by molar-refractivity contribution is -0.119. The molecule has 0 fully saturated rings. The van der Waals surface area contributed by atoms with Crippen molar-refractivity contribution >= 4 is 5.78 Å². The van der Waals surface area contributed by atoms with E-state index in [0.29, 0.717) is 18.1 Å². The summed E-state index contributed by atoms with van der Waals surface area (Å²) in [5.41, 5.74) is 0. The smallest absolute Gasteiger partial charge is 0.132 e. The SMILES string of the molecule is CCC(=O)CC1CC=CC1. The van der Waals surface area contributed by atoms with Gasteiger partial charge >= 0.3 is 0 Å². The molecule has 56 valence electrons. The number of rotatable bonds is 3. The van der Waals surface area contributed by atoms with Crippen molar-refractivity contribution in [2.24, 2.45) is 5.92 Å². The summed E-state index contributed by atoms with van der Waals surface area (Å²) in [5, 5.41) is 0. The Hall–Kier alpha value is -0.590. The molecule has 0 atom stereocenters. The molecule has 0 unspecified atom stereocenters. The molecule has 0 aliphatic heterocycles. The van der Waals surface area contributed by atoms with Crippen molar-refractivity contribution in [2.45, 2.75) is 32.6 Å². The zero-order chi connectivity index (χ0) is 7.40. The van der Waals surface area contributed by atoms with Crippen molar-refractivity contribution in [3.63, 3.8) is 0 Å². The van der Waals surface area contributed by atoms with E-state index in [1.54, 1.807) is 0 Å². The molecule has 1 aliphatic carbocycles. The third-order valence-corrected chi connectivity index (χ3v) is 2.02. The van der Waals surface area contributed by atoms with Gasteiger partial charge in [-0.1, -0.05) is 19.1 Å². The Morgan fingerprint density at radius 3 is 2.60 bits per heavy atom. The third-order valence-electron chi connectivity index (χ3n) is 2.02. The Kier molecular flexibility index (Phi) is 2.67. The van der Waals surface area contributed by atoms with Crippen LogP contribution in [0, 0.1) is 5.92 Å². The van der Waals surface area contributed by atoms with Crippen LogP contribution in [0.1, 0.15) is 32.6 Å². The molecule has 0 heterocycles. The van der Waals surface area contributed by atoms with E-state index >= 15 is 0 Å². The lowest BCUT2D eigenvalue weighted by atomic mass is 9.99. The van der Waals surface area contributed by atoms with Gasteiger partial charge in [0.15, 0.2) is 0 Å². The summed E-state index contributed by atoms with van der Waals surface area (Å²) < 4.78 is 0. The van der Waals surface area contributed by atoms with Crippen molar-refractivity contribution in [1.82, 2.24) is 0 Å². The molecular weight excluding hydrogens is 124 g/mol. The van der Waals surface area contributed by atoms with Gasteiger partial charge in [0.1, 0.15) is 5.78 Å². The average molecular weight is 138 g/mol. The van der Waals surface area contributed by atoms with Crippen molar-refractivity contribution in [3.8, 4) is 0 Å². The number of carbonyl (C=O) groups excluding carboxylic acids is 1. The highest BCUT2D eigenvalue weighted by molar-refractivity contribution is 5.78. The van der Waals surface area contributed by atoms with Crippen LogP contribution in [0.2, 0.25) is 0 Å². The Morgan fingerprint density at radius 1 is 1.50 bits per heavy atom. The van der Waals surface area contributed by atoms with Gasteiger partial charge in [-0.3, -0.25) is 4.79 Å². The van der Waals surface area contributed by atoms with Gasteiger partial charge in [0.2, 0.25) is 0 Å². The van der Waals surface area contributed by atoms with Gasteiger partial charge in [-0.25, -0.2) is 0 Å². The molecule has 10 heavy (non-hydrogen) atoms. The van der Waals surface area contributed by atoms with Gasteiger partial charge < -0.3 is 0 Å². The minimum absolute atomic E-state index is 0.411. The van der Waals surface area contributed by atoms with Crippen LogP contribution in [0.4, 0.5) is 0 Å². The number of ketones is 1. The molecule has 0 spiro atoms. The summed E-state index contributed by atoms with van der Waals surface area (Å²) in [6.07, 6.45) is 8.08. The first-order chi connectivity index (χ1) is 4.83. The zero-order valence-electron chi connectivity index (χ0n) is 6.47. The van der Waals surface area contributed by atoms with Crippen LogP contribution < -0.4 is 0 Å². The van der Waals surface area contributed by atoms with Gasteiger partial charge in [0.05, 0.1) is 0 Å². The summed E-state index contributed by atoms with van der Waals surface area (Å²) in [7, 11) is 0. The molecule has 0 saturated heterocycles. The molecule has 0 N–H and O–H groups in total. The van der Waals surface area contributed by atoms with Crippen LogP contribution in [0.25, 0.3) is 0 Å². The first-order valence-corrected chi connectivity index (χ1v) is 3.99. The molecule has 0 bridgehead atoms. The maximum atomic E-state index is 10.9. The highest BCUT2D eigenvalue weighted by Gasteiger charge is 2.12. The van der Waals surface area contributed by atoms with Gasteiger partial charge in [-0.05, 0) is 18.8 Å². The first-order valence-electron chi connectivity index (χ1n) is 3.99. The fraction of sp³-hybridized carbons (Fsp3) is 0.667. The number of Topliss-reactive ketones (excluding diaryl/α,β-unsaturated/α-hetero) is 1. The van der Waals surface area contributed by atoms with E-state index in [9.17, 15) is 4.79 Å². The monoisotopic (exact) mass is 138 g/mol. The summed E-state index contributed by atoms with van der Waals surface area (Å²) in [4.78, 5) is 10.9. The van der Waals surface area contributed by atoms with Crippen LogP contribution in [0.15, 0.2) is 12.2 Å². The predicted octanol–water partition coefficient (Wildman–Crippen LogP) is 2.32. The van der Waals surface area contributed by atoms with Gasteiger partial charge in [-0.15, -0.1) is 0 Å². The van der Waals surface area contributed by atoms with Gasteiger partial charge in [0, 0.05) is 12.8 Å². The van der Waals surface area contributed by atoms with Crippen molar-refractivity contribution < 1.29 is 4.79 Å². The maximum absolute atomic E-state index is 10.9. The lowest BCUT2D eigenvalue weighted by Gasteiger charge is -2.04. The molecule has 1 rings (SSSR count). The van der Waals surface area contributed by atoms with Crippen LogP contribution in [-0.2, 0) is 4.79 Å². The quantitative estimate of drug-likeness (QED) is 0.547. The number of hydrogen-bond donors (Lipinski definition) is 0. The van der Waals surface area contributed by atoms with Gasteiger partial charge in [-0.2, -0.15) is 0 Å². The second kappa shape index (κ2) is 3.55. The second-order valence-electron chi connectivity index (χ2n) is 2.91. The predicted molar refractivity (Wildman–Crippen MR) is 41.8 cm³/mol. The Morgan fingerprint density at radius 2 is 2.10 bits per heavy atom. The molecular formula is C9H14O. The molecule has 0 aromatic carbocycles. The minimum atomic E-state index is 0.411. The molecule has 0 amide bonds. The molecule has 1 aliphatic rings.